The molecule has 5 heteroatoms. The first-order valence-electron chi connectivity index (χ1n) is 6.98. The molecule has 21 heavy (non-hydrogen) atoms. The standard InChI is InChI=1S/C16H15FN2O2/c1-16(2)5-10-13-12-8(11(20)6-18-10)3-7(17)4-9(12)19-14(13)15(16)21/h3-4,15,19,21H,5-6H2,1-2H3. The normalized spacial score (nSPS) is 23.1. The van der Waals surface area contributed by atoms with Gasteiger partial charge in [0.15, 0.2) is 5.78 Å². The third kappa shape index (κ3) is 1.58. The van der Waals surface area contributed by atoms with Crippen LogP contribution in [0.1, 0.15) is 48.0 Å². The topological polar surface area (TPSA) is 65.5 Å². The van der Waals surface area contributed by atoms with Crippen LogP contribution in [0.2, 0.25) is 0 Å². The Morgan fingerprint density at radius 1 is 1.43 bits per heavy atom. The number of carbonyl (C=O) groups is 1. The number of carbonyl (C=O) groups excluding carboxylic acids is 1. The minimum absolute atomic E-state index is 0.0359. The predicted octanol–water partition coefficient (Wildman–Crippen LogP) is 2.76. The van der Waals surface area contributed by atoms with Gasteiger partial charge in [-0.15, -0.1) is 0 Å². The molecule has 2 aliphatic rings. The summed E-state index contributed by atoms with van der Waals surface area (Å²) in [6.07, 6.45) is -0.0962. The van der Waals surface area contributed by atoms with Gasteiger partial charge in [0.1, 0.15) is 12.4 Å². The van der Waals surface area contributed by atoms with Gasteiger partial charge in [-0.05, 0) is 18.6 Å². The molecular formula is C16H15FN2O2. The number of ketones is 1. The van der Waals surface area contributed by atoms with Crippen LogP contribution in [-0.4, -0.2) is 28.1 Å². The first-order chi connectivity index (χ1) is 9.88. The predicted molar refractivity (Wildman–Crippen MR) is 77.3 cm³/mol. The van der Waals surface area contributed by atoms with Gasteiger partial charge in [0, 0.05) is 27.6 Å². The van der Waals surface area contributed by atoms with E-state index in [9.17, 15) is 14.3 Å². The molecule has 0 spiro atoms. The molecule has 0 amide bonds. The molecular weight excluding hydrogens is 271 g/mol. The Labute approximate surface area is 120 Å². The number of nitrogens with one attached hydrogen (secondary N) is 1. The number of hydrogen-bond donors (Lipinski definition) is 2. The largest absolute Gasteiger partial charge is 0.386 e. The fraction of sp³-hybridized carbons (Fsp3) is 0.375. The monoisotopic (exact) mass is 286 g/mol. The smallest absolute Gasteiger partial charge is 0.185 e. The van der Waals surface area contributed by atoms with Crippen LogP contribution in [0.4, 0.5) is 4.39 Å². The van der Waals surface area contributed by atoms with Crippen molar-refractivity contribution in [2.24, 2.45) is 10.4 Å². The van der Waals surface area contributed by atoms with Crippen LogP contribution >= 0.6 is 0 Å². The number of nitrogens with zero attached hydrogens (tertiary/aromatic N) is 1. The molecule has 1 aromatic carbocycles. The first kappa shape index (κ1) is 12.7. The number of halogens is 1. The molecule has 0 bridgehead atoms. The quantitative estimate of drug-likeness (QED) is 0.782. The summed E-state index contributed by atoms with van der Waals surface area (Å²) in [6.45, 7) is 3.96. The van der Waals surface area contributed by atoms with E-state index in [0.29, 0.717) is 28.6 Å². The third-order valence-corrected chi connectivity index (χ3v) is 4.53. The molecule has 1 aliphatic heterocycles. The molecule has 108 valence electrons. The van der Waals surface area contributed by atoms with Crippen molar-refractivity contribution in [3.8, 4) is 0 Å². The zero-order chi connectivity index (χ0) is 14.9. The SMILES string of the molecule is CC1(C)CC2=NCC(=O)c3cc(F)cc4[nH]c(c2c34)C1O. The van der Waals surface area contributed by atoms with Gasteiger partial charge in [-0.3, -0.25) is 9.79 Å². The Morgan fingerprint density at radius 3 is 2.95 bits per heavy atom. The molecule has 2 heterocycles. The summed E-state index contributed by atoms with van der Waals surface area (Å²) in [4.78, 5) is 19.7. The lowest BCUT2D eigenvalue weighted by Gasteiger charge is -2.35. The Bertz CT molecular complexity index is 832. The summed E-state index contributed by atoms with van der Waals surface area (Å²) in [5.41, 5.74) is 2.78. The number of H-pyrrole nitrogens is 1. The van der Waals surface area contributed by atoms with Crippen molar-refractivity contribution in [3.63, 3.8) is 0 Å². The summed E-state index contributed by atoms with van der Waals surface area (Å²) < 4.78 is 13.7. The van der Waals surface area contributed by atoms with Crippen LogP contribution in [0.15, 0.2) is 17.1 Å². The van der Waals surface area contributed by atoms with E-state index in [1.165, 1.54) is 12.1 Å². The van der Waals surface area contributed by atoms with E-state index in [4.69, 9.17) is 0 Å². The van der Waals surface area contributed by atoms with Crippen molar-refractivity contribution in [1.29, 1.82) is 0 Å². The maximum absolute atomic E-state index is 13.7. The fourth-order valence-corrected chi connectivity index (χ4v) is 3.44. The number of benzene rings is 1. The average molecular weight is 286 g/mol. The van der Waals surface area contributed by atoms with Crippen LogP contribution in [0, 0.1) is 11.2 Å². The molecule has 0 saturated carbocycles. The van der Waals surface area contributed by atoms with Crippen molar-refractivity contribution in [3.05, 3.63) is 34.8 Å². The maximum Gasteiger partial charge on any atom is 0.185 e. The highest BCUT2D eigenvalue weighted by molar-refractivity contribution is 6.22. The minimum atomic E-state index is -0.692. The van der Waals surface area contributed by atoms with Crippen LogP contribution in [0.25, 0.3) is 10.9 Å². The van der Waals surface area contributed by atoms with Gasteiger partial charge in [0.25, 0.3) is 0 Å². The molecule has 0 saturated heterocycles. The molecule has 1 aromatic heterocycles. The number of aromatic nitrogens is 1. The van der Waals surface area contributed by atoms with Crippen molar-refractivity contribution < 1.29 is 14.3 Å². The minimum Gasteiger partial charge on any atom is -0.386 e. The van der Waals surface area contributed by atoms with E-state index in [0.717, 1.165) is 11.3 Å². The van der Waals surface area contributed by atoms with Gasteiger partial charge < -0.3 is 10.1 Å². The second kappa shape index (κ2) is 3.80. The van der Waals surface area contributed by atoms with Gasteiger partial charge in [-0.25, -0.2) is 4.39 Å². The van der Waals surface area contributed by atoms with Gasteiger partial charge in [0.2, 0.25) is 0 Å². The van der Waals surface area contributed by atoms with Gasteiger partial charge in [0.05, 0.1) is 17.3 Å². The van der Waals surface area contributed by atoms with Crippen molar-refractivity contribution in [1.82, 2.24) is 4.98 Å². The van der Waals surface area contributed by atoms with E-state index >= 15 is 0 Å². The Hall–Kier alpha value is -2.01. The lowest BCUT2D eigenvalue weighted by Crippen LogP contribution is -2.32. The van der Waals surface area contributed by atoms with Gasteiger partial charge >= 0.3 is 0 Å². The van der Waals surface area contributed by atoms with E-state index in [2.05, 4.69) is 9.98 Å². The molecule has 4 nitrogen and oxygen atoms in total. The second-order valence-corrected chi connectivity index (χ2v) is 6.54. The molecule has 0 radical (unpaired) electrons. The highest BCUT2D eigenvalue weighted by Gasteiger charge is 2.41. The zero-order valence-corrected chi connectivity index (χ0v) is 11.8. The van der Waals surface area contributed by atoms with Crippen LogP contribution in [0.5, 0.6) is 0 Å². The summed E-state index contributed by atoms with van der Waals surface area (Å²) in [5, 5.41) is 11.3. The van der Waals surface area contributed by atoms with Crippen molar-refractivity contribution in [2.45, 2.75) is 26.4 Å². The summed E-state index contributed by atoms with van der Waals surface area (Å²) in [7, 11) is 0. The molecule has 1 atom stereocenters. The van der Waals surface area contributed by atoms with E-state index in [1.807, 2.05) is 13.8 Å². The molecule has 2 aromatic rings. The van der Waals surface area contributed by atoms with Crippen molar-refractivity contribution >= 4 is 22.4 Å². The first-order valence-corrected chi connectivity index (χ1v) is 6.98. The number of aliphatic imine (C=N–C) groups is 1. The molecule has 0 fully saturated rings. The zero-order valence-electron chi connectivity index (χ0n) is 11.8. The Kier molecular flexibility index (Phi) is 2.30. The lowest BCUT2D eigenvalue weighted by atomic mass is 9.73. The van der Waals surface area contributed by atoms with E-state index in [1.54, 1.807) is 0 Å². The number of aliphatic hydroxyl groups excluding tert-OH is 1. The molecule has 4 rings (SSSR count). The number of hydrogen-bond acceptors (Lipinski definition) is 3. The summed E-state index contributed by atoms with van der Waals surface area (Å²) in [6, 6.07) is 2.64. The van der Waals surface area contributed by atoms with Crippen LogP contribution < -0.4 is 0 Å². The van der Waals surface area contributed by atoms with Gasteiger partial charge in [-0.1, -0.05) is 13.8 Å². The molecule has 1 aliphatic carbocycles. The highest BCUT2D eigenvalue weighted by Crippen LogP contribution is 2.46. The number of Topliss-reactive ketones (excluding diaryl/α,β-unsaturated/α-hetero) is 1. The van der Waals surface area contributed by atoms with E-state index in [-0.39, 0.29) is 17.7 Å². The Balaban J connectivity index is 2.17. The second-order valence-electron chi connectivity index (χ2n) is 6.54. The number of rotatable bonds is 0. The number of aliphatic hydroxyl groups is 1. The number of aromatic amines is 1. The average Bonchev–Trinajstić information content (AvgIpc) is 2.72. The van der Waals surface area contributed by atoms with Crippen LogP contribution in [-0.2, 0) is 0 Å². The third-order valence-electron chi connectivity index (χ3n) is 4.53. The Morgan fingerprint density at radius 2 is 2.19 bits per heavy atom. The van der Waals surface area contributed by atoms with Crippen molar-refractivity contribution in [2.75, 3.05) is 6.54 Å². The van der Waals surface area contributed by atoms with E-state index < -0.39 is 11.9 Å². The fourth-order valence-electron chi connectivity index (χ4n) is 3.44. The highest BCUT2D eigenvalue weighted by atomic mass is 19.1. The van der Waals surface area contributed by atoms with Crippen LogP contribution in [0.3, 0.4) is 0 Å². The summed E-state index contributed by atoms with van der Waals surface area (Å²) in [5.74, 6) is -0.642. The van der Waals surface area contributed by atoms with Gasteiger partial charge in [-0.2, -0.15) is 0 Å². The molecule has 2 N–H and O–H groups in total. The summed E-state index contributed by atoms with van der Waals surface area (Å²) >= 11 is 0. The maximum atomic E-state index is 13.7. The molecule has 1 unspecified atom stereocenters. The lowest BCUT2D eigenvalue weighted by molar-refractivity contribution is 0.0476.